The summed E-state index contributed by atoms with van der Waals surface area (Å²) < 4.78 is 5.80. The number of thiophene rings is 1. The molecule has 2 aromatic rings. The van der Waals surface area contributed by atoms with Gasteiger partial charge in [-0.05, 0) is 36.4 Å². The third kappa shape index (κ3) is 3.70. The van der Waals surface area contributed by atoms with Crippen LogP contribution in [0.2, 0.25) is 0 Å². The van der Waals surface area contributed by atoms with E-state index in [0.29, 0.717) is 29.4 Å². The molecular formula is C21H21N3O3S. The number of nitrogens with zero attached hydrogens (tertiary/aromatic N) is 2. The van der Waals surface area contributed by atoms with Crippen LogP contribution in [0, 0.1) is 0 Å². The van der Waals surface area contributed by atoms with Gasteiger partial charge in [-0.1, -0.05) is 19.2 Å². The Balaban J connectivity index is 2.03. The van der Waals surface area contributed by atoms with Crippen molar-refractivity contribution in [3.8, 4) is 5.75 Å². The minimum absolute atomic E-state index is 0.539. The van der Waals surface area contributed by atoms with Crippen molar-refractivity contribution in [3.63, 3.8) is 0 Å². The van der Waals surface area contributed by atoms with Crippen LogP contribution >= 0.6 is 11.3 Å². The van der Waals surface area contributed by atoms with Crippen LogP contribution in [0.1, 0.15) is 9.67 Å². The molecule has 0 atom stereocenters. The molecule has 0 fully saturated rings. The highest BCUT2D eigenvalue weighted by Crippen LogP contribution is 2.42. The van der Waals surface area contributed by atoms with Crippen LogP contribution in [0.4, 0.5) is 22.1 Å². The molecule has 0 radical (unpaired) electrons. The minimum atomic E-state index is 0.539. The number of benzene rings is 1. The first-order valence-electron chi connectivity index (χ1n) is 8.65. The lowest BCUT2D eigenvalue weighted by molar-refractivity contribution is -0.105. The number of anilines is 4. The predicted octanol–water partition coefficient (Wildman–Crippen LogP) is 4.35. The highest BCUT2D eigenvalue weighted by Gasteiger charge is 2.22. The summed E-state index contributed by atoms with van der Waals surface area (Å²) in [5.41, 5.74) is 3.48. The molecule has 2 heterocycles. The van der Waals surface area contributed by atoms with E-state index in [1.165, 1.54) is 11.3 Å². The van der Waals surface area contributed by atoms with Crippen LogP contribution in [0.15, 0.2) is 61.3 Å². The summed E-state index contributed by atoms with van der Waals surface area (Å²) in [4.78, 5) is 26.7. The molecule has 0 bridgehead atoms. The van der Waals surface area contributed by atoms with Gasteiger partial charge in [0.05, 0.1) is 22.8 Å². The Hall–Kier alpha value is -3.32. The van der Waals surface area contributed by atoms with E-state index in [9.17, 15) is 9.59 Å². The van der Waals surface area contributed by atoms with Crippen LogP contribution in [-0.4, -0.2) is 32.9 Å². The molecule has 0 unspecified atom stereocenters. The van der Waals surface area contributed by atoms with E-state index < -0.39 is 0 Å². The van der Waals surface area contributed by atoms with Crippen LogP contribution in [0.25, 0.3) is 0 Å². The molecule has 7 heteroatoms. The lowest BCUT2D eigenvalue weighted by Gasteiger charge is -2.33. The Labute approximate surface area is 168 Å². The van der Waals surface area contributed by atoms with Crippen molar-refractivity contribution >= 4 is 46.1 Å². The lowest BCUT2D eigenvalue weighted by atomic mass is 10.1. The summed E-state index contributed by atoms with van der Waals surface area (Å²) in [5, 5.41) is 3.28. The smallest absolute Gasteiger partial charge is 0.212 e. The molecule has 0 spiro atoms. The van der Waals surface area contributed by atoms with Crippen molar-refractivity contribution in [2.24, 2.45) is 0 Å². The highest BCUT2D eigenvalue weighted by molar-refractivity contribution is 7.18. The second kappa shape index (κ2) is 8.58. The van der Waals surface area contributed by atoms with Gasteiger partial charge >= 0.3 is 0 Å². The molecule has 1 N–H and O–H groups in total. The fraction of sp³-hybridized carbons (Fsp3) is 0.143. The number of ether oxygens (including phenoxy) is 1. The third-order valence-electron chi connectivity index (χ3n) is 4.40. The first kappa shape index (κ1) is 19.4. The molecule has 0 aliphatic carbocycles. The number of carbonyl (C=O) groups is 2. The Bertz CT molecular complexity index is 948. The van der Waals surface area contributed by atoms with E-state index in [4.69, 9.17) is 4.74 Å². The van der Waals surface area contributed by atoms with Gasteiger partial charge in [-0.25, -0.2) is 0 Å². The van der Waals surface area contributed by atoms with Gasteiger partial charge in [0.1, 0.15) is 17.4 Å². The number of amides is 1. The van der Waals surface area contributed by atoms with Gasteiger partial charge in [-0.3, -0.25) is 9.59 Å². The van der Waals surface area contributed by atoms with Crippen molar-refractivity contribution in [3.05, 3.63) is 66.2 Å². The molecule has 1 aromatic carbocycles. The van der Waals surface area contributed by atoms with Crippen LogP contribution in [0.5, 0.6) is 5.75 Å². The van der Waals surface area contributed by atoms with Gasteiger partial charge in [0.2, 0.25) is 6.41 Å². The zero-order valence-corrected chi connectivity index (χ0v) is 16.4. The van der Waals surface area contributed by atoms with Crippen molar-refractivity contribution in [1.29, 1.82) is 0 Å². The normalized spacial score (nSPS) is 13.2. The van der Waals surface area contributed by atoms with Gasteiger partial charge < -0.3 is 19.9 Å². The lowest BCUT2D eigenvalue weighted by Crippen LogP contribution is -2.31. The number of hydrogen-bond acceptors (Lipinski definition) is 6. The zero-order valence-electron chi connectivity index (χ0n) is 15.6. The first-order valence-corrected chi connectivity index (χ1v) is 9.47. The maximum atomic E-state index is 11.2. The Morgan fingerprint density at radius 1 is 1.32 bits per heavy atom. The van der Waals surface area contributed by atoms with Crippen LogP contribution in [0.3, 0.4) is 0 Å². The SMILES string of the molecule is C=C/C=C(\C=C)N1CCOc2ccc(N(C)c3cc(C=O)sc3NC=O)cc21. The third-order valence-corrected chi connectivity index (χ3v) is 5.38. The fourth-order valence-electron chi connectivity index (χ4n) is 3.07. The van der Waals surface area contributed by atoms with E-state index in [-0.39, 0.29) is 0 Å². The summed E-state index contributed by atoms with van der Waals surface area (Å²) in [6.07, 6.45) is 6.80. The topological polar surface area (TPSA) is 61.9 Å². The summed E-state index contributed by atoms with van der Waals surface area (Å²) in [6, 6.07) is 7.62. The Kier molecular flexibility index (Phi) is 5.96. The quantitative estimate of drug-likeness (QED) is 0.532. The fourth-order valence-corrected chi connectivity index (χ4v) is 3.94. The Morgan fingerprint density at radius 2 is 2.14 bits per heavy atom. The molecule has 0 saturated heterocycles. The summed E-state index contributed by atoms with van der Waals surface area (Å²) in [5.74, 6) is 0.783. The standard InChI is InChI=1S/C21H21N3O3S/c1-4-6-15(5-2)24-9-10-27-20-8-7-16(11-18(20)24)23(3)19-12-17(13-25)28-21(19)22-14-26/h4-8,11-14H,1-2,9-10H2,3H3,(H,22,26)/b15-6+. The molecule has 6 nitrogen and oxygen atoms in total. The number of nitrogens with one attached hydrogen (secondary N) is 1. The van der Waals surface area contributed by atoms with E-state index in [1.54, 1.807) is 18.2 Å². The van der Waals surface area contributed by atoms with E-state index in [0.717, 1.165) is 34.8 Å². The average molecular weight is 395 g/mol. The average Bonchev–Trinajstić information content (AvgIpc) is 3.14. The highest BCUT2D eigenvalue weighted by atomic mass is 32.1. The minimum Gasteiger partial charge on any atom is -0.490 e. The number of rotatable bonds is 8. The van der Waals surface area contributed by atoms with E-state index >= 15 is 0 Å². The molecule has 0 saturated carbocycles. The van der Waals surface area contributed by atoms with Gasteiger partial charge in [-0.2, -0.15) is 0 Å². The number of aldehydes is 1. The van der Waals surface area contributed by atoms with Gasteiger partial charge in [0, 0.05) is 18.4 Å². The van der Waals surface area contributed by atoms with E-state index in [2.05, 4.69) is 23.4 Å². The molecule has 144 valence electrons. The molecular weight excluding hydrogens is 374 g/mol. The summed E-state index contributed by atoms with van der Waals surface area (Å²) in [6.45, 7) is 8.93. The largest absolute Gasteiger partial charge is 0.490 e. The number of carbonyl (C=O) groups excluding carboxylic acids is 2. The molecule has 1 aromatic heterocycles. The number of hydrogen-bond donors (Lipinski definition) is 1. The van der Waals surface area contributed by atoms with Gasteiger partial charge in [-0.15, -0.1) is 11.3 Å². The van der Waals surface area contributed by atoms with Crippen molar-refractivity contribution in [2.75, 3.05) is 35.3 Å². The first-order chi connectivity index (χ1) is 13.6. The van der Waals surface area contributed by atoms with Crippen molar-refractivity contribution < 1.29 is 14.3 Å². The number of allylic oxidation sites excluding steroid dienone is 3. The molecule has 1 aliphatic heterocycles. The molecule has 3 rings (SSSR count). The van der Waals surface area contributed by atoms with E-state index in [1.807, 2.05) is 36.2 Å². The van der Waals surface area contributed by atoms with Crippen molar-refractivity contribution in [2.45, 2.75) is 0 Å². The molecule has 1 amide bonds. The maximum absolute atomic E-state index is 11.2. The van der Waals surface area contributed by atoms with Crippen molar-refractivity contribution in [1.82, 2.24) is 0 Å². The summed E-state index contributed by atoms with van der Waals surface area (Å²) >= 11 is 1.23. The zero-order chi connectivity index (χ0) is 20.1. The molecule has 28 heavy (non-hydrogen) atoms. The second-order valence-corrected chi connectivity index (χ2v) is 7.07. The Morgan fingerprint density at radius 3 is 2.82 bits per heavy atom. The monoisotopic (exact) mass is 395 g/mol. The number of fused-ring (bicyclic) bond motifs is 1. The predicted molar refractivity (Wildman–Crippen MR) is 115 cm³/mol. The van der Waals surface area contributed by atoms with Crippen LogP contribution in [-0.2, 0) is 4.79 Å². The maximum Gasteiger partial charge on any atom is 0.212 e. The molecule has 1 aliphatic rings. The van der Waals surface area contributed by atoms with Crippen LogP contribution < -0.4 is 19.9 Å². The second-order valence-electron chi connectivity index (χ2n) is 5.99. The van der Waals surface area contributed by atoms with Gasteiger partial charge in [0.25, 0.3) is 0 Å². The summed E-state index contributed by atoms with van der Waals surface area (Å²) in [7, 11) is 1.89. The van der Waals surface area contributed by atoms with Gasteiger partial charge in [0.15, 0.2) is 6.29 Å².